The van der Waals surface area contributed by atoms with E-state index >= 15 is 0 Å². The lowest BCUT2D eigenvalue weighted by Crippen LogP contribution is -2.39. The van der Waals surface area contributed by atoms with E-state index in [2.05, 4.69) is 21.2 Å². The largest absolute Gasteiger partial charge is 0.457 e. The van der Waals surface area contributed by atoms with Crippen LogP contribution < -0.4 is 10.1 Å². The number of ether oxygens (including phenoxy) is 1. The van der Waals surface area contributed by atoms with Gasteiger partial charge in [-0.25, -0.2) is 9.69 Å². The van der Waals surface area contributed by atoms with Crippen LogP contribution in [0, 0.1) is 0 Å². The van der Waals surface area contributed by atoms with Gasteiger partial charge in [-0.3, -0.25) is 19.3 Å². The van der Waals surface area contributed by atoms with Crippen LogP contribution in [0.2, 0.25) is 0 Å². The summed E-state index contributed by atoms with van der Waals surface area (Å²) in [5, 5.41) is 2.60. The zero-order chi connectivity index (χ0) is 21.7. The Morgan fingerprint density at radius 2 is 1.50 bits per heavy atom. The maximum absolute atomic E-state index is 12.3. The number of carbonyl (C=O) groups is 4. The van der Waals surface area contributed by atoms with Crippen molar-refractivity contribution in [2.75, 3.05) is 18.4 Å². The molecule has 3 rings (SSSR count). The number of rotatable bonds is 8. The summed E-state index contributed by atoms with van der Waals surface area (Å²) in [6.07, 6.45) is 1.37. The quantitative estimate of drug-likeness (QED) is 0.464. The van der Waals surface area contributed by atoms with E-state index in [-0.39, 0.29) is 6.54 Å². The number of halogens is 1. The molecule has 1 aliphatic heterocycles. The second-order valence-electron chi connectivity index (χ2n) is 6.61. The fourth-order valence-electron chi connectivity index (χ4n) is 2.79. The average Bonchev–Trinajstić information content (AvgIpc) is 2.93. The second-order valence-corrected chi connectivity index (χ2v) is 7.53. The maximum atomic E-state index is 12.3. The molecule has 0 aliphatic carbocycles. The van der Waals surface area contributed by atoms with Gasteiger partial charge in [-0.05, 0) is 55.0 Å². The summed E-state index contributed by atoms with van der Waals surface area (Å²) in [4.78, 5) is 50.1. The highest BCUT2D eigenvalue weighted by molar-refractivity contribution is 9.10. The lowest BCUT2D eigenvalue weighted by Gasteiger charge is -2.15. The van der Waals surface area contributed by atoms with Gasteiger partial charge in [-0.15, -0.1) is 0 Å². The number of imide groups is 2. The average molecular weight is 474 g/mol. The SMILES string of the molecule is CCCCN1C(=O)C(=O)N(CC(=O)Nc2ccc(Oc3ccc(Br)cc3)cc2)C1=O. The van der Waals surface area contributed by atoms with Crippen molar-refractivity contribution in [3.63, 3.8) is 0 Å². The Morgan fingerprint density at radius 3 is 2.10 bits per heavy atom. The van der Waals surface area contributed by atoms with Gasteiger partial charge in [-0.1, -0.05) is 29.3 Å². The summed E-state index contributed by atoms with van der Waals surface area (Å²) < 4.78 is 6.65. The highest BCUT2D eigenvalue weighted by Gasteiger charge is 2.44. The molecule has 1 saturated heterocycles. The van der Waals surface area contributed by atoms with Crippen molar-refractivity contribution >= 4 is 45.4 Å². The van der Waals surface area contributed by atoms with Gasteiger partial charge in [0.25, 0.3) is 0 Å². The molecule has 30 heavy (non-hydrogen) atoms. The third-order valence-corrected chi connectivity index (χ3v) is 4.89. The molecule has 5 amide bonds. The van der Waals surface area contributed by atoms with Crippen molar-refractivity contribution in [2.24, 2.45) is 0 Å². The Morgan fingerprint density at radius 1 is 0.933 bits per heavy atom. The predicted octanol–water partition coefficient (Wildman–Crippen LogP) is 3.77. The Balaban J connectivity index is 1.57. The van der Waals surface area contributed by atoms with E-state index in [4.69, 9.17) is 4.74 Å². The number of nitrogens with zero attached hydrogens (tertiary/aromatic N) is 2. The van der Waals surface area contributed by atoms with E-state index < -0.39 is 30.3 Å². The van der Waals surface area contributed by atoms with Crippen molar-refractivity contribution in [3.05, 3.63) is 53.0 Å². The van der Waals surface area contributed by atoms with E-state index in [1.165, 1.54) is 0 Å². The lowest BCUT2D eigenvalue weighted by molar-refractivity contribution is -0.143. The molecule has 0 aromatic heterocycles. The minimum Gasteiger partial charge on any atom is -0.457 e. The Labute approximate surface area is 181 Å². The first-order chi connectivity index (χ1) is 14.4. The van der Waals surface area contributed by atoms with E-state index in [0.29, 0.717) is 28.5 Å². The number of unbranched alkanes of at least 4 members (excludes halogenated alkanes) is 1. The van der Waals surface area contributed by atoms with Crippen LogP contribution in [0.15, 0.2) is 53.0 Å². The van der Waals surface area contributed by atoms with Gasteiger partial charge in [0.15, 0.2) is 0 Å². The summed E-state index contributed by atoms with van der Waals surface area (Å²) in [5.74, 6) is -1.21. The number of nitrogens with one attached hydrogen (secondary N) is 1. The molecule has 2 aromatic carbocycles. The number of carbonyl (C=O) groups excluding carboxylic acids is 4. The van der Waals surface area contributed by atoms with Crippen molar-refractivity contribution < 1.29 is 23.9 Å². The van der Waals surface area contributed by atoms with Crippen LogP contribution >= 0.6 is 15.9 Å². The molecule has 1 N–H and O–H groups in total. The zero-order valence-corrected chi connectivity index (χ0v) is 17.8. The van der Waals surface area contributed by atoms with Crippen LogP contribution in [-0.4, -0.2) is 46.6 Å². The summed E-state index contributed by atoms with van der Waals surface area (Å²) in [7, 11) is 0. The van der Waals surface area contributed by atoms with Crippen molar-refractivity contribution in [3.8, 4) is 11.5 Å². The maximum Gasteiger partial charge on any atom is 0.334 e. The fourth-order valence-corrected chi connectivity index (χ4v) is 3.06. The van der Waals surface area contributed by atoms with Crippen LogP contribution in [0.4, 0.5) is 10.5 Å². The Bertz CT molecular complexity index is 960. The minimum atomic E-state index is -0.982. The topological polar surface area (TPSA) is 96.0 Å². The van der Waals surface area contributed by atoms with Crippen molar-refractivity contribution in [1.29, 1.82) is 0 Å². The van der Waals surface area contributed by atoms with Gasteiger partial charge >= 0.3 is 17.8 Å². The molecule has 0 saturated carbocycles. The normalized spacial score (nSPS) is 13.7. The summed E-state index contributed by atoms with van der Waals surface area (Å²) in [6.45, 7) is 1.55. The molecular weight excluding hydrogens is 454 g/mol. The van der Waals surface area contributed by atoms with Crippen LogP contribution in [0.5, 0.6) is 11.5 Å². The van der Waals surface area contributed by atoms with Crippen LogP contribution in [0.25, 0.3) is 0 Å². The van der Waals surface area contributed by atoms with Gasteiger partial charge in [0.05, 0.1) is 0 Å². The first-order valence-electron chi connectivity index (χ1n) is 9.39. The standard InChI is InChI=1S/C21H20BrN3O5/c1-2-3-12-24-19(27)20(28)25(21(24)29)13-18(26)23-15-6-10-17(11-7-15)30-16-8-4-14(22)5-9-16/h4-11H,2-3,12-13H2,1H3,(H,23,26). The molecule has 0 atom stereocenters. The minimum absolute atomic E-state index is 0.165. The van der Waals surface area contributed by atoms with E-state index in [0.717, 1.165) is 15.8 Å². The molecule has 0 radical (unpaired) electrons. The molecule has 0 unspecified atom stereocenters. The number of urea groups is 1. The summed E-state index contributed by atoms with van der Waals surface area (Å²) in [6, 6.07) is 13.2. The van der Waals surface area contributed by atoms with Gasteiger partial charge in [0.2, 0.25) is 5.91 Å². The summed E-state index contributed by atoms with van der Waals surface area (Å²) in [5.41, 5.74) is 0.469. The van der Waals surface area contributed by atoms with Gasteiger partial charge < -0.3 is 10.1 Å². The highest BCUT2D eigenvalue weighted by Crippen LogP contribution is 2.24. The number of hydrogen-bond donors (Lipinski definition) is 1. The van der Waals surface area contributed by atoms with Gasteiger partial charge in [-0.2, -0.15) is 0 Å². The Kier molecular flexibility index (Phi) is 6.83. The second kappa shape index (κ2) is 9.53. The molecule has 1 heterocycles. The molecular formula is C21H20BrN3O5. The monoisotopic (exact) mass is 473 g/mol. The van der Waals surface area contributed by atoms with E-state index in [1.54, 1.807) is 24.3 Å². The predicted molar refractivity (Wildman–Crippen MR) is 113 cm³/mol. The van der Waals surface area contributed by atoms with Crippen LogP contribution in [0.3, 0.4) is 0 Å². The summed E-state index contributed by atoms with van der Waals surface area (Å²) >= 11 is 3.36. The highest BCUT2D eigenvalue weighted by atomic mass is 79.9. The van der Waals surface area contributed by atoms with Crippen LogP contribution in [0.1, 0.15) is 19.8 Å². The first-order valence-corrected chi connectivity index (χ1v) is 10.2. The van der Waals surface area contributed by atoms with Gasteiger partial charge in [0, 0.05) is 16.7 Å². The number of amides is 5. The lowest BCUT2D eigenvalue weighted by atomic mass is 10.3. The van der Waals surface area contributed by atoms with Crippen LogP contribution in [-0.2, 0) is 14.4 Å². The Hall–Kier alpha value is -3.20. The number of anilines is 1. The molecule has 9 heteroatoms. The molecule has 1 aliphatic rings. The zero-order valence-electron chi connectivity index (χ0n) is 16.3. The van der Waals surface area contributed by atoms with Crippen molar-refractivity contribution in [2.45, 2.75) is 19.8 Å². The third-order valence-electron chi connectivity index (χ3n) is 4.36. The molecule has 156 valence electrons. The van der Waals surface area contributed by atoms with E-state index in [1.807, 2.05) is 31.2 Å². The molecule has 1 fully saturated rings. The van der Waals surface area contributed by atoms with Gasteiger partial charge in [0.1, 0.15) is 18.0 Å². The third kappa shape index (κ3) is 5.04. The first kappa shape index (κ1) is 21.5. The number of benzene rings is 2. The number of hydrogen-bond acceptors (Lipinski definition) is 5. The molecule has 0 spiro atoms. The van der Waals surface area contributed by atoms with E-state index in [9.17, 15) is 19.2 Å². The fraction of sp³-hybridized carbons (Fsp3) is 0.238. The molecule has 0 bridgehead atoms. The smallest absolute Gasteiger partial charge is 0.334 e. The van der Waals surface area contributed by atoms with Crippen molar-refractivity contribution in [1.82, 2.24) is 9.80 Å². The molecule has 2 aromatic rings. The molecule has 8 nitrogen and oxygen atoms in total.